The van der Waals surface area contributed by atoms with Crippen molar-refractivity contribution in [1.82, 2.24) is 0 Å². The molecule has 1 N–H and O–H groups in total. The number of carbonyl (C=O) groups is 1. The van der Waals surface area contributed by atoms with Gasteiger partial charge < -0.3 is 5.11 Å². The van der Waals surface area contributed by atoms with Gasteiger partial charge in [0.2, 0.25) is 0 Å². The van der Waals surface area contributed by atoms with Crippen LogP contribution < -0.4 is 0 Å². The monoisotopic (exact) mass is 192 g/mol. The Kier molecular flexibility index (Phi) is 3.28. The van der Waals surface area contributed by atoms with E-state index in [1.165, 1.54) is 6.92 Å². The average Bonchev–Trinajstić information content (AvgIpc) is 2.16. The lowest BCUT2D eigenvalue weighted by Gasteiger charge is -2.09. The number of hydrogen-bond acceptors (Lipinski definition) is 2. The van der Waals surface area contributed by atoms with E-state index in [9.17, 15) is 9.90 Å². The van der Waals surface area contributed by atoms with Crippen molar-refractivity contribution in [3.05, 3.63) is 28.8 Å². The first-order valence-electron chi connectivity index (χ1n) is 4.95. The Hall–Kier alpha value is -1.31. The zero-order chi connectivity index (χ0) is 10.7. The second-order valence-electron chi connectivity index (χ2n) is 3.40. The zero-order valence-corrected chi connectivity index (χ0v) is 8.92. The fraction of sp³-hybridized carbons (Fsp3) is 0.417. The third kappa shape index (κ3) is 1.95. The van der Waals surface area contributed by atoms with Crippen LogP contribution >= 0.6 is 0 Å². The highest BCUT2D eigenvalue weighted by Crippen LogP contribution is 2.23. The summed E-state index contributed by atoms with van der Waals surface area (Å²) in [5.74, 6) is 0.0198. The Morgan fingerprint density at radius 3 is 2.14 bits per heavy atom. The maximum Gasteiger partial charge on any atom is 0.163 e. The van der Waals surface area contributed by atoms with Crippen molar-refractivity contribution in [3.63, 3.8) is 0 Å². The molecule has 0 radical (unpaired) electrons. The largest absolute Gasteiger partial charge is 0.507 e. The van der Waals surface area contributed by atoms with Gasteiger partial charge in [0.25, 0.3) is 0 Å². The van der Waals surface area contributed by atoms with Crippen LogP contribution in [0, 0.1) is 0 Å². The highest BCUT2D eigenvalue weighted by atomic mass is 16.3. The normalized spacial score (nSPS) is 10.2. The van der Waals surface area contributed by atoms with Crippen molar-refractivity contribution in [2.24, 2.45) is 0 Å². The van der Waals surface area contributed by atoms with Gasteiger partial charge in [-0.1, -0.05) is 13.8 Å². The topological polar surface area (TPSA) is 37.3 Å². The van der Waals surface area contributed by atoms with Crippen LogP contribution in [-0.2, 0) is 12.8 Å². The molecule has 0 heterocycles. The first-order chi connectivity index (χ1) is 6.60. The molecular formula is C12H16O2. The molecule has 0 aromatic heterocycles. The summed E-state index contributed by atoms with van der Waals surface area (Å²) in [4.78, 5) is 11.2. The smallest absolute Gasteiger partial charge is 0.163 e. The number of rotatable bonds is 3. The number of phenolic OH excluding ortho intramolecular Hbond substituents is 1. The number of phenols is 1. The predicted molar refractivity (Wildman–Crippen MR) is 56.9 cm³/mol. The van der Waals surface area contributed by atoms with E-state index in [2.05, 4.69) is 6.92 Å². The summed E-state index contributed by atoms with van der Waals surface area (Å²) in [5, 5.41) is 9.59. The maximum atomic E-state index is 11.2. The van der Waals surface area contributed by atoms with E-state index in [0.29, 0.717) is 5.56 Å². The maximum absolute atomic E-state index is 11.2. The summed E-state index contributed by atoms with van der Waals surface area (Å²) < 4.78 is 0. The van der Waals surface area contributed by atoms with Crippen molar-refractivity contribution in [1.29, 1.82) is 0 Å². The minimum absolute atomic E-state index is 0.0835. The number of hydrogen-bond donors (Lipinski definition) is 1. The predicted octanol–water partition coefficient (Wildman–Crippen LogP) is 2.72. The molecule has 0 atom stereocenters. The van der Waals surface area contributed by atoms with Crippen molar-refractivity contribution >= 4 is 5.78 Å². The Morgan fingerprint density at radius 2 is 1.71 bits per heavy atom. The van der Waals surface area contributed by atoms with Crippen LogP contribution in [0.1, 0.15) is 42.3 Å². The molecular weight excluding hydrogens is 176 g/mol. The van der Waals surface area contributed by atoms with E-state index in [0.717, 1.165) is 24.0 Å². The second-order valence-corrected chi connectivity index (χ2v) is 3.40. The van der Waals surface area contributed by atoms with Gasteiger partial charge in [0, 0.05) is 0 Å². The third-order valence-corrected chi connectivity index (χ3v) is 2.46. The number of aromatic hydroxyl groups is 1. The summed E-state index contributed by atoms with van der Waals surface area (Å²) in [6.07, 6.45) is 1.78. The molecule has 2 nitrogen and oxygen atoms in total. The molecule has 0 amide bonds. The lowest BCUT2D eigenvalue weighted by Crippen LogP contribution is -1.98. The van der Waals surface area contributed by atoms with Crippen LogP contribution in [0.25, 0.3) is 0 Å². The molecule has 0 unspecified atom stereocenters. The standard InChI is InChI=1S/C12H16O2/c1-4-9-6-11(8(3)13)12(14)7-10(9)5-2/h6-7,14H,4-5H2,1-3H3. The van der Waals surface area contributed by atoms with Crippen LogP contribution in [0.2, 0.25) is 0 Å². The van der Waals surface area contributed by atoms with Gasteiger partial charge in [-0.05, 0) is 43.0 Å². The first kappa shape index (κ1) is 10.8. The molecule has 0 aliphatic heterocycles. The van der Waals surface area contributed by atoms with E-state index in [4.69, 9.17) is 0 Å². The molecule has 0 spiro atoms. The number of benzene rings is 1. The molecule has 1 rings (SSSR count). The van der Waals surface area contributed by atoms with Crippen LogP contribution in [0.4, 0.5) is 0 Å². The molecule has 0 aliphatic carbocycles. The molecule has 0 fully saturated rings. The van der Waals surface area contributed by atoms with Crippen LogP contribution in [0.5, 0.6) is 5.75 Å². The van der Waals surface area contributed by atoms with Crippen molar-refractivity contribution in [3.8, 4) is 5.75 Å². The quantitative estimate of drug-likeness (QED) is 0.748. The van der Waals surface area contributed by atoms with Crippen molar-refractivity contribution in [2.45, 2.75) is 33.6 Å². The minimum Gasteiger partial charge on any atom is -0.507 e. The van der Waals surface area contributed by atoms with Gasteiger partial charge in [-0.2, -0.15) is 0 Å². The molecule has 0 saturated carbocycles. The Labute approximate surface area is 84.6 Å². The average molecular weight is 192 g/mol. The van der Waals surface area contributed by atoms with Gasteiger partial charge in [-0.15, -0.1) is 0 Å². The molecule has 0 saturated heterocycles. The van der Waals surface area contributed by atoms with Gasteiger partial charge in [0.05, 0.1) is 5.56 Å². The molecule has 1 aromatic rings. The SMILES string of the molecule is CCc1cc(O)c(C(C)=O)cc1CC. The van der Waals surface area contributed by atoms with Gasteiger partial charge in [0.1, 0.15) is 5.75 Å². The lowest BCUT2D eigenvalue weighted by molar-refractivity contribution is 0.101. The van der Waals surface area contributed by atoms with Crippen molar-refractivity contribution in [2.75, 3.05) is 0 Å². The number of ketones is 1. The Morgan fingerprint density at radius 1 is 1.21 bits per heavy atom. The summed E-state index contributed by atoms with van der Waals surface area (Å²) >= 11 is 0. The number of carbonyl (C=O) groups excluding carboxylic acids is 1. The fourth-order valence-electron chi connectivity index (χ4n) is 1.62. The molecule has 0 bridgehead atoms. The van der Waals surface area contributed by atoms with Gasteiger partial charge in [0.15, 0.2) is 5.78 Å². The summed E-state index contributed by atoms with van der Waals surface area (Å²) in [5.41, 5.74) is 2.70. The summed E-state index contributed by atoms with van der Waals surface area (Å²) in [6.45, 7) is 5.57. The fourth-order valence-corrected chi connectivity index (χ4v) is 1.62. The highest BCUT2D eigenvalue weighted by molar-refractivity contribution is 5.97. The molecule has 76 valence electrons. The number of aryl methyl sites for hydroxylation is 2. The summed E-state index contributed by atoms with van der Waals surface area (Å²) in [6, 6.07) is 3.51. The molecule has 0 aliphatic rings. The van der Waals surface area contributed by atoms with Gasteiger partial charge >= 0.3 is 0 Å². The van der Waals surface area contributed by atoms with E-state index < -0.39 is 0 Å². The van der Waals surface area contributed by atoms with Gasteiger partial charge in [-0.25, -0.2) is 0 Å². The van der Waals surface area contributed by atoms with E-state index >= 15 is 0 Å². The number of Topliss-reactive ketones (excluding diaryl/α,β-unsaturated/α-hetero) is 1. The molecule has 14 heavy (non-hydrogen) atoms. The van der Waals surface area contributed by atoms with E-state index in [-0.39, 0.29) is 11.5 Å². The third-order valence-electron chi connectivity index (χ3n) is 2.46. The van der Waals surface area contributed by atoms with Crippen molar-refractivity contribution < 1.29 is 9.90 Å². The van der Waals surface area contributed by atoms with Crippen LogP contribution in [0.15, 0.2) is 12.1 Å². The van der Waals surface area contributed by atoms with Crippen LogP contribution in [-0.4, -0.2) is 10.9 Å². The minimum atomic E-state index is -0.0835. The molecule has 1 aromatic carbocycles. The lowest BCUT2D eigenvalue weighted by atomic mass is 9.98. The van der Waals surface area contributed by atoms with Gasteiger partial charge in [-0.3, -0.25) is 4.79 Å². The van der Waals surface area contributed by atoms with Crippen LogP contribution in [0.3, 0.4) is 0 Å². The second kappa shape index (κ2) is 4.27. The highest BCUT2D eigenvalue weighted by Gasteiger charge is 2.10. The Balaban J connectivity index is 3.30. The Bertz CT molecular complexity index is 354. The zero-order valence-electron chi connectivity index (χ0n) is 8.92. The van der Waals surface area contributed by atoms with E-state index in [1.54, 1.807) is 12.1 Å². The first-order valence-corrected chi connectivity index (χ1v) is 4.95. The van der Waals surface area contributed by atoms with E-state index in [1.807, 2.05) is 6.92 Å². The summed E-state index contributed by atoms with van der Waals surface area (Å²) in [7, 11) is 0. The molecule has 2 heteroatoms.